The van der Waals surface area contributed by atoms with Gasteiger partial charge in [0.15, 0.2) is 0 Å². The van der Waals surface area contributed by atoms with E-state index in [1.165, 1.54) is 4.90 Å². The second kappa shape index (κ2) is 7.53. The molecule has 0 spiro atoms. The molecule has 0 aromatic heterocycles. The van der Waals surface area contributed by atoms with Crippen molar-refractivity contribution < 1.29 is 14.7 Å². The number of hydrogen-bond acceptors (Lipinski definition) is 3. The highest BCUT2D eigenvalue weighted by molar-refractivity contribution is 8.14. The van der Waals surface area contributed by atoms with Crippen LogP contribution in [0, 0.1) is 0 Å². The molecule has 0 bridgehead atoms. The van der Waals surface area contributed by atoms with Crippen LogP contribution >= 0.6 is 23.4 Å². The molecule has 1 unspecified atom stereocenters. The Labute approximate surface area is 144 Å². The predicted molar refractivity (Wildman–Crippen MR) is 93.9 cm³/mol. The maximum atomic E-state index is 11.8. The number of amides is 1. The lowest BCUT2D eigenvalue weighted by Gasteiger charge is -2.17. The van der Waals surface area contributed by atoms with Gasteiger partial charge in [-0.3, -0.25) is 9.59 Å². The molecule has 120 valence electrons. The largest absolute Gasteiger partial charge is 0.480 e. The van der Waals surface area contributed by atoms with Crippen LogP contribution in [0.3, 0.4) is 0 Å². The van der Waals surface area contributed by atoms with E-state index >= 15 is 0 Å². The van der Waals surface area contributed by atoms with Crippen LogP contribution in [0.2, 0.25) is 5.02 Å². The Morgan fingerprint density at radius 3 is 2.26 bits per heavy atom. The number of nitrogens with zero attached hydrogens (tertiary/aromatic N) is 1. The van der Waals surface area contributed by atoms with E-state index in [1.807, 2.05) is 36.4 Å². The van der Waals surface area contributed by atoms with Crippen molar-refractivity contribution in [1.29, 1.82) is 0 Å². The number of carbonyl (C=O) groups excluding carboxylic acids is 1. The summed E-state index contributed by atoms with van der Waals surface area (Å²) < 4.78 is 0. The Morgan fingerprint density at radius 2 is 1.74 bits per heavy atom. The van der Waals surface area contributed by atoms with E-state index in [0.717, 1.165) is 22.9 Å². The molecular formula is C17H16ClNO3S. The van der Waals surface area contributed by atoms with Crippen molar-refractivity contribution in [2.75, 3.05) is 14.1 Å². The minimum Gasteiger partial charge on any atom is -0.480 e. The first-order valence-corrected chi connectivity index (χ1v) is 8.11. The van der Waals surface area contributed by atoms with E-state index in [4.69, 9.17) is 11.6 Å². The first kappa shape index (κ1) is 17.4. The quantitative estimate of drug-likeness (QED) is 0.879. The summed E-state index contributed by atoms with van der Waals surface area (Å²) in [6.45, 7) is 0. The topological polar surface area (TPSA) is 57.6 Å². The maximum Gasteiger partial charge on any atom is 0.321 e. The molecule has 6 heteroatoms. The molecular weight excluding hydrogens is 334 g/mol. The average molecular weight is 350 g/mol. The number of aliphatic carboxylic acids is 1. The Hall–Kier alpha value is -1.98. The van der Waals surface area contributed by atoms with Gasteiger partial charge >= 0.3 is 5.97 Å². The van der Waals surface area contributed by atoms with Gasteiger partial charge in [0.05, 0.1) is 0 Å². The molecule has 0 saturated heterocycles. The minimum absolute atomic E-state index is 0.331. The van der Waals surface area contributed by atoms with Crippen molar-refractivity contribution in [1.82, 2.24) is 4.90 Å². The van der Waals surface area contributed by atoms with Crippen molar-refractivity contribution in [3.05, 3.63) is 59.1 Å². The van der Waals surface area contributed by atoms with Gasteiger partial charge in [0.25, 0.3) is 5.24 Å². The van der Waals surface area contributed by atoms with E-state index in [0.29, 0.717) is 10.6 Å². The van der Waals surface area contributed by atoms with Gasteiger partial charge in [0.2, 0.25) is 0 Å². The summed E-state index contributed by atoms with van der Waals surface area (Å²) in [6, 6.07) is 14.9. The van der Waals surface area contributed by atoms with Gasteiger partial charge in [-0.05, 0) is 34.5 Å². The van der Waals surface area contributed by atoms with Gasteiger partial charge in [-0.15, -0.1) is 0 Å². The number of benzene rings is 2. The Morgan fingerprint density at radius 1 is 1.09 bits per heavy atom. The highest BCUT2D eigenvalue weighted by Crippen LogP contribution is 2.37. The average Bonchev–Trinajstić information content (AvgIpc) is 2.53. The second-order valence-electron chi connectivity index (χ2n) is 5.10. The maximum absolute atomic E-state index is 11.8. The summed E-state index contributed by atoms with van der Waals surface area (Å²) in [4.78, 5) is 24.7. The van der Waals surface area contributed by atoms with Crippen LogP contribution in [0.4, 0.5) is 4.79 Å². The fourth-order valence-corrected chi connectivity index (χ4v) is 3.20. The van der Waals surface area contributed by atoms with Crippen LogP contribution in [0.15, 0.2) is 48.5 Å². The Kier molecular flexibility index (Phi) is 5.69. The fraction of sp³-hybridized carbons (Fsp3) is 0.176. The van der Waals surface area contributed by atoms with Crippen LogP contribution in [-0.2, 0) is 4.79 Å². The number of carboxylic acids is 1. The highest BCUT2D eigenvalue weighted by atomic mass is 35.5. The summed E-state index contributed by atoms with van der Waals surface area (Å²) in [5, 5.41) is 8.38. The van der Waals surface area contributed by atoms with E-state index in [1.54, 1.807) is 26.2 Å². The van der Waals surface area contributed by atoms with Crippen molar-refractivity contribution in [2.24, 2.45) is 0 Å². The number of hydrogen-bond donors (Lipinski definition) is 1. The number of halogens is 1. The van der Waals surface area contributed by atoms with Gasteiger partial charge in [-0.1, -0.05) is 54.1 Å². The predicted octanol–water partition coefficient (Wildman–Crippen LogP) is 4.55. The molecule has 1 N–H and O–H groups in total. The SMILES string of the molecule is CN(C)C(=O)SC(C(=O)O)c1ccc(-c2ccccc2)cc1Cl. The van der Waals surface area contributed by atoms with Crippen molar-refractivity contribution in [3.8, 4) is 11.1 Å². The standard InChI is InChI=1S/C17H16ClNO3S/c1-19(2)17(22)23-15(16(20)21)13-9-8-12(10-14(13)18)11-6-4-3-5-7-11/h3-10,15H,1-2H3,(H,20,21). The monoisotopic (exact) mass is 349 g/mol. The first-order chi connectivity index (χ1) is 10.9. The van der Waals surface area contributed by atoms with Gasteiger partial charge < -0.3 is 10.0 Å². The van der Waals surface area contributed by atoms with Crippen LogP contribution in [-0.4, -0.2) is 35.3 Å². The van der Waals surface area contributed by atoms with Gasteiger partial charge in [0, 0.05) is 19.1 Å². The molecule has 0 aliphatic heterocycles. The van der Waals surface area contributed by atoms with Gasteiger partial charge in [0.1, 0.15) is 5.25 Å². The van der Waals surface area contributed by atoms with Gasteiger partial charge in [-0.25, -0.2) is 0 Å². The van der Waals surface area contributed by atoms with Crippen LogP contribution < -0.4 is 0 Å². The number of carbonyl (C=O) groups is 2. The number of rotatable bonds is 4. The molecule has 2 aromatic carbocycles. The molecule has 0 heterocycles. The normalized spacial score (nSPS) is 11.8. The molecule has 1 amide bonds. The third kappa shape index (κ3) is 4.27. The van der Waals surface area contributed by atoms with E-state index in [-0.39, 0.29) is 5.24 Å². The molecule has 0 aliphatic carbocycles. The third-order valence-electron chi connectivity index (χ3n) is 3.20. The molecule has 0 radical (unpaired) electrons. The van der Waals surface area contributed by atoms with Crippen molar-refractivity contribution in [3.63, 3.8) is 0 Å². The van der Waals surface area contributed by atoms with Crippen molar-refractivity contribution in [2.45, 2.75) is 5.25 Å². The molecule has 4 nitrogen and oxygen atoms in total. The van der Waals surface area contributed by atoms with Crippen LogP contribution in [0.5, 0.6) is 0 Å². The molecule has 1 atom stereocenters. The Balaban J connectivity index is 2.34. The Bertz CT molecular complexity index is 719. The lowest BCUT2D eigenvalue weighted by atomic mass is 10.0. The van der Waals surface area contributed by atoms with Crippen molar-refractivity contribution >= 4 is 34.6 Å². The first-order valence-electron chi connectivity index (χ1n) is 6.85. The molecule has 2 aromatic rings. The van der Waals surface area contributed by atoms with Gasteiger partial charge in [-0.2, -0.15) is 0 Å². The molecule has 0 saturated carbocycles. The minimum atomic E-state index is -1.10. The summed E-state index contributed by atoms with van der Waals surface area (Å²) in [7, 11) is 3.16. The molecule has 0 aliphatic rings. The zero-order chi connectivity index (χ0) is 17.0. The number of thioether (sulfide) groups is 1. The molecule has 0 fully saturated rings. The second-order valence-corrected chi connectivity index (χ2v) is 6.56. The molecule has 23 heavy (non-hydrogen) atoms. The van der Waals surface area contributed by atoms with Crippen LogP contribution in [0.1, 0.15) is 10.8 Å². The summed E-state index contributed by atoms with van der Waals surface area (Å²) >= 11 is 7.01. The number of carboxylic acid groups (broad SMARTS) is 1. The van der Waals surface area contributed by atoms with Crippen LogP contribution in [0.25, 0.3) is 11.1 Å². The lowest BCUT2D eigenvalue weighted by Crippen LogP contribution is -2.20. The smallest absolute Gasteiger partial charge is 0.321 e. The molecule has 2 rings (SSSR count). The van der Waals surface area contributed by atoms with E-state index in [2.05, 4.69) is 0 Å². The summed E-state index contributed by atoms with van der Waals surface area (Å²) in [6.07, 6.45) is 0. The summed E-state index contributed by atoms with van der Waals surface area (Å²) in [5.74, 6) is -1.10. The zero-order valence-corrected chi connectivity index (χ0v) is 14.3. The van der Waals surface area contributed by atoms with E-state index < -0.39 is 11.2 Å². The third-order valence-corrected chi connectivity index (χ3v) is 4.78. The van der Waals surface area contributed by atoms with E-state index in [9.17, 15) is 14.7 Å². The highest BCUT2D eigenvalue weighted by Gasteiger charge is 2.27. The summed E-state index contributed by atoms with van der Waals surface area (Å²) in [5.41, 5.74) is 2.30. The lowest BCUT2D eigenvalue weighted by molar-refractivity contribution is -0.136. The fourth-order valence-electron chi connectivity index (χ4n) is 2.00. The zero-order valence-electron chi connectivity index (χ0n) is 12.7.